The highest BCUT2D eigenvalue weighted by Gasteiger charge is 2.20. The molecule has 1 aromatic carbocycles. The van der Waals surface area contributed by atoms with Crippen molar-refractivity contribution in [1.82, 2.24) is 4.98 Å². The number of benzene rings is 1. The highest BCUT2D eigenvalue weighted by atomic mass is 32.1. The molecule has 0 saturated carbocycles. The number of rotatable bonds is 0. The first-order valence-corrected chi connectivity index (χ1v) is 7.91. The van der Waals surface area contributed by atoms with Crippen LogP contribution in [0.2, 0.25) is 0 Å². The van der Waals surface area contributed by atoms with Crippen LogP contribution in [0.25, 0.3) is 10.2 Å². The molecule has 0 spiro atoms. The first kappa shape index (κ1) is 16.2. The van der Waals surface area contributed by atoms with Crippen LogP contribution in [0.4, 0.5) is 0 Å². The van der Waals surface area contributed by atoms with Gasteiger partial charge >= 0.3 is 0 Å². The minimum absolute atomic E-state index is 0.144. The maximum absolute atomic E-state index is 4.73. The lowest BCUT2D eigenvalue weighted by molar-refractivity contribution is 0.586. The molecular formula is C17H27NS. The van der Waals surface area contributed by atoms with Gasteiger partial charge in [-0.3, -0.25) is 0 Å². The van der Waals surface area contributed by atoms with Gasteiger partial charge in [-0.05, 0) is 23.1 Å². The largest absolute Gasteiger partial charge is 0.241 e. The fourth-order valence-corrected chi connectivity index (χ4v) is 2.77. The van der Waals surface area contributed by atoms with Crippen LogP contribution < -0.4 is 0 Å². The topological polar surface area (TPSA) is 12.9 Å². The maximum atomic E-state index is 4.73. The van der Waals surface area contributed by atoms with Gasteiger partial charge in [-0.15, -0.1) is 11.3 Å². The van der Waals surface area contributed by atoms with E-state index in [1.165, 1.54) is 15.3 Å². The lowest BCUT2D eigenvalue weighted by atomic mass is 9.87. The van der Waals surface area contributed by atoms with Gasteiger partial charge in [-0.25, -0.2) is 4.98 Å². The molecule has 0 aliphatic carbocycles. The zero-order valence-corrected chi connectivity index (χ0v) is 14.4. The van der Waals surface area contributed by atoms with E-state index >= 15 is 0 Å². The predicted octanol–water partition coefficient (Wildman–Crippen LogP) is 5.92. The van der Waals surface area contributed by atoms with E-state index in [0.717, 1.165) is 5.52 Å². The Kier molecular flexibility index (Phi) is 4.78. The molecule has 0 fully saturated rings. The summed E-state index contributed by atoms with van der Waals surface area (Å²) in [7, 11) is 0. The van der Waals surface area contributed by atoms with Crippen LogP contribution in [0.5, 0.6) is 0 Å². The van der Waals surface area contributed by atoms with Crippen LogP contribution in [0, 0.1) is 0 Å². The van der Waals surface area contributed by atoms with E-state index in [1.54, 1.807) is 0 Å². The Balaban J connectivity index is 0.000000861. The second-order valence-electron chi connectivity index (χ2n) is 6.70. The second-order valence-corrected chi connectivity index (χ2v) is 7.73. The number of fused-ring (bicyclic) bond motifs is 1. The highest BCUT2D eigenvalue weighted by Crippen LogP contribution is 2.33. The van der Waals surface area contributed by atoms with Gasteiger partial charge in [0.15, 0.2) is 0 Å². The smallest absolute Gasteiger partial charge is 0.0992 e. The van der Waals surface area contributed by atoms with Crippen LogP contribution in [0.3, 0.4) is 0 Å². The molecule has 0 amide bonds. The third-order valence-corrected chi connectivity index (χ3v) is 4.34. The third-order valence-electron chi connectivity index (χ3n) is 2.90. The normalized spacial score (nSPS) is 12.2. The van der Waals surface area contributed by atoms with E-state index in [9.17, 15) is 0 Å². The van der Waals surface area contributed by atoms with Crippen LogP contribution in [0.15, 0.2) is 18.2 Å². The molecule has 0 radical (unpaired) electrons. The van der Waals surface area contributed by atoms with Gasteiger partial charge in [-0.1, -0.05) is 61.5 Å². The monoisotopic (exact) mass is 277 g/mol. The number of hydrogen-bond acceptors (Lipinski definition) is 2. The summed E-state index contributed by atoms with van der Waals surface area (Å²) in [5.74, 6) is 0. The molecule has 1 nitrogen and oxygen atoms in total. The summed E-state index contributed by atoms with van der Waals surface area (Å²) in [5.41, 5.74) is 2.87. The van der Waals surface area contributed by atoms with Gasteiger partial charge < -0.3 is 0 Å². The Hall–Kier alpha value is -0.890. The van der Waals surface area contributed by atoms with E-state index in [4.69, 9.17) is 4.98 Å². The van der Waals surface area contributed by atoms with E-state index in [2.05, 4.69) is 59.7 Å². The minimum atomic E-state index is 0.144. The molecule has 1 aromatic heterocycles. The van der Waals surface area contributed by atoms with Crippen molar-refractivity contribution in [2.75, 3.05) is 0 Å². The van der Waals surface area contributed by atoms with Crippen molar-refractivity contribution in [3.05, 3.63) is 28.8 Å². The molecule has 2 aromatic rings. The lowest BCUT2D eigenvalue weighted by Gasteiger charge is -2.18. The summed E-state index contributed by atoms with van der Waals surface area (Å²) in [5, 5.41) is 1.22. The van der Waals surface area contributed by atoms with Crippen molar-refractivity contribution in [1.29, 1.82) is 0 Å². The molecular weight excluding hydrogens is 250 g/mol. The number of aromatic nitrogens is 1. The standard InChI is InChI=1S/C15H21NS.C2H6/c1-14(2,3)10-7-8-11-12(9-10)17-13(16-11)15(4,5)6;1-2/h7-9H,1-6H3;1-2H3. The average molecular weight is 277 g/mol. The molecule has 0 unspecified atom stereocenters. The maximum Gasteiger partial charge on any atom is 0.0992 e. The van der Waals surface area contributed by atoms with Crippen LogP contribution in [-0.4, -0.2) is 4.98 Å². The molecule has 0 aliphatic rings. The molecule has 0 saturated heterocycles. The SMILES string of the molecule is CC.CC(C)(C)c1ccc2nc(C(C)(C)C)sc2c1. The molecule has 2 heteroatoms. The Bertz CT molecular complexity index is 526. The van der Waals surface area contributed by atoms with Crippen molar-refractivity contribution in [3.63, 3.8) is 0 Å². The van der Waals surface area contributed by atoms with E-state index < -0.39 is 0 Å². The molecule has 2 rings (SSSR count). The number of nitrogens with zero attached hydrogens (tertiary/aromatic N) is 1. The van der Waals surface area contributed by atoms with Gasteiger partial charge in [-0.2, -0.15) is 0 Å². The zero-order chi connectivity index (χ0) is 14.8. The summed E-state index contributed by atoms with van der Waals surface area (Å²) >= 11 is 1.82. The van der Waals surface area contributed by atoms with E-state index in [-0.39, 0.29) is 10.8 Å². The Morgan fingerprint density at radius 2 is 1.47 bits per heavy atom. The number of thiazole rings is 1. The second kappa shape index (κ2) is 5.62. The summed E-state index contributed by atoms with van der Waals surface area (Å²) in [4.78, 5) is 4.73. The predicted molar refractivity (Wildman–Crippen MR) is 88.4 cm³/mol. The molecule has 0 N–H and O–H groups in total. The lowest BCUT2D eigenvalue weighted by Crippen LogP contribution is -2.10. The first-order valence-electron chi connectivity index (χ1n) is 7.09. The van der Waals surface area contributed by atoms with Crippen molar-refractivity contribution in [3.8, 4) is 0 Å². The van der Waals surface area contributed by atoms with Gasteiger partial charge in [0, 0.05) is 5.41 Å². The van der Waals surface area contributed by atoms with E-state index in [0.29, 0.717) is 0 Å². The fraction of sp³-hybridized carbons (Fsp3) is 0.588. The molecule has 1 heterocycles. The molecule has 0 aliphatic heterocycles. The Morgan fingerprint density at radius 1 is 0.895 bits per heavy atom. The van der Waals surface area contributed by atoms with Gasteiger partial charge in [0.05, 0.1) is 15.2 Å². The van der Waals surface area contributed by atoms with Crippen LogP contribution in [0.1, 0.15) is 66.0 Å². The minimum Gasteiger partial charge on any atom is -0.241 e. The Labute approximate surface area is 122 Å². The van der Waals surface area contributed by atoms with Gasteiger partial charge in [0.25, 0.3) is 0 Å². The van der Waals surface area contributed by atoms with Gasteiger partial charge in [0.2, 0.25) is 0 Å². The van der Waals surface area contributed by atoms with Crippen molar-refractivity contribution < 1.29 is 0 Å². The molecule has 106 valence electrons. The average Bonchev–Trinajstić information content (AvgIpc) is 2.72. The third kappa shape index (κ3) is 3.79. The highest BCUT2D eigenvalue weighted by molar-refractivity contribution is 7.18. The quantitative estimate of drug-likeness (QED) is 0.582. The summed E-state index contributed by atoms with van der Waals surface area (Å²) in [6, 6.07) is 6.65. The summed E-state index contributed by atoms with van der Waals surface area (Å²) in [6.45, 7) is 17.4. The number of hydrogen-bond donors (Lipinski definition) is 0. The van der Waals surface area contributed by atoms with Gasteiger partial charge in [0.1, 0.15) is 0 Å². The molecule has 0 bridgehead atoms. The van der Waals surface area contributed by atoms with Crippen molar-refractivity contribution >= 4 is 21.6 Å². The molecule has 0 atom stereocenters. The first-order chi connectivity index (χ1) is 8.68. The fourth-order valence-electron chi connectivity index (χ4n) is 1.71. The van der Waals surface area contributed by atoms with Crippen molar-refractivity contribution in [2.24, 2.45) is 0 Å². The van der Waals surface area contributed by atoms with Crippen LogP contribution in [-0.2, 0) is 10.8 Å². The zero-order valence-electron chi connectivity index (χ0n) is 13.6. The Morgan fingerprint density at radius 3 is 1.95 bits per heavy atom. The van der Waals surface area contributed by atoms with E-state index in [1.807, 2.05) is 25.2 Å². The molecule has 19 heavy (non-hydrogen) atoms. The van der Waals surface area contributed by atoms with Crippen molar-refractivity contribution in [2.45, 2.75) is 66.2 Å². The van der Waals surface area contributed by atoms with Crippen LogP contribution >= 0.6 is 11.3 Å². The summed E-state index contributed by atoms with van der Waals surface area (Å²) in [6.07, 6.45) is 0. The summed E-state index contributed by atoms with van der Waals surface area (Å²) < 4.78 is 1.31.